The van der Waals surface area contributed by atoms with Gasteiger partial charge in [-0.3, -0.25) is 13.9 Å². The lowest BCUT2D eigenvalue weighted by molar-refractivity contribution is -0.139. The largest absolute Gasteiger partial charge is 0.495 e. The van der Waals surface area contributed by atoms with E-state index in [0.29, 0.717) is 12.3 Å². The zero-order valence-corrected chi connectivity index (χ0v) is 23.3. The summed E-state index contributed by atoms with van der Waals surface area (Å²) in [4.78, 5) is 28.1. The molecule has 2 amide bonds. The molecule has 1 atom stereocenters. The molecule has 8 nitrogen and oxygen atoms in total. The molecule has 0 bridgehead atoms. The minimum atomic E-state index is -4.16. The molecule has 0 fully saturated rings. The van der Waals surface area contributed by atoms with Gasteiger partial charge in [-0.2, -0.15) is 0 Å². The van der Waals surface area contributed by atoms with Gasteiger partial charge in [0.15, 0.2) is 0 Å². The highest BCUT2D eigenvalue weighted by Crippen LogP contribution is 2.32. The fourth-order valence-electron chi connectivity index (χ4n) is 4.10. The maximum absolute atomic E-state index is 13.9. The number of carbonyl (C=O) groups excluding carboxylic acids is 2. The van der Waals surface area contributed by atoms with Gasteiger partial charge in [0.05, 0.1) is 17.7 Å². The van der Waals surface area contributed by atoms with Crippen LogP contribution in [0.5, 0.6) is 5.75 Å². The molecular weight excluding hydrogens is 502 g/mol. The SMILES string of the molecule is CCNC(=O)C(C)N(Cc1cccc(C)c1)C(=O)CN(c1ccccc1OC)S(=O)(=O)c1ccc(C)cc1. The van der Waals surface area contributed by atoms with Crippen molar-refractivity contribution in [3.63, 3.8) is 0 Å². The molecule has 38 heavy (non-hydrogen) atoms. The van der Waals surface area contributed by atoms with E-state index in [1.54, 1.807) is 50.2 Å². The van der Waals surface area contributed by atoms with Crippen LogP contribution < -0.4 is 14.4 Å². The number of carbonyl (C=O) groups is 2. The normalized spacial score (nSPS) is 11.9. The predicted octanol–water partition coefficient (Wildman–Crippen LogP) is 4.06. The quantitative estimate of drug-likeness (QED) is 0.398. The number of sulfonamides is 1. The first-order chi connectivity index (χ1) is 18.1. The lowest BCUT2D eigenvalue weighted by Gasteiger charge is -2.32. The Hall–Kier alpha value is -3.85. The van der Waals surface area contributed by atoms with E-state index in [0.717, 1.165) is 21.0 Å². The summed E-state index contributed by atoms with van der Waals surface area (Å²) in [6.07, 6.45) is 0. The molecule has 0 aromatic heterocycles. The average molecular weight is 538 g/mol. The van der Waals surface area contributed by atoms with Crippen molar-refractivity contribution in [3.8, 4) is 5.75 Å². The Morgan fingerprint density at radius 1 is 0.947 bits per heavy atom. The van der Waals surface area contributed by atoms with Gasteiger partial charge in [0, 0.05) is 13.1 Å². The van der Waals surface area contributed by atoms with E-state index in [9.17, 15) is 18.0 Å². The number of methoxy groups -OCH3 is 1. The Kier molecular flexibility index (Phi) is 9.52. The van der Waals surface area contributed by atoms with Gasteiger partial charge in [-0.1, -0.05) is 59.7 Å². The van der Waals surface area contributed by atoms with Crippen LogP contribution in [0.2, 0.25) is 0 Å². The number of anilines is 1. The number of aryl methyl sites for hydroxylation is 2. The molecule has 0 aliphatic carbocycles. The molecule has 0 radical (unpaired) electrons. The number of likely N-dealkylation sites (N-methyl/N-ethyl adjacent to an activating group) is 1. The Labute approximate surface area is 225 Å². The van der Waals surface area contributed by atoms with Crippen LogP contribution in [0, 0.1) is 13.8 Å². The summed E-state index contributed by atoms with van der Waals surface area (Å²) in [6, 6.07) is 19.9. The minimum absolute atomic E-state index is 0.0452. The molecule has 9 heteroatoms. The lowest BCUT2D eigenvalue weighted by atomic mass is 10.1. The van der Waals surface area contributed by atoms with Gasteiger partial charge in [0.25, 0.3) is 10.0 Å². The molecule has 0 heterocycles. The van der Waals surface area contributed by atoms with Crippen LogP contribution in [-0.4, -0.2) is 51.4 Å². The zero-order chi connectivity index (χ0) is 27.9. The summed E-state index contributed by atoms with van der Waals surface area (Å²) in [5.41, 5.74) is 2.98. The fraction of sp³-hybridized carbons (Fsp3) is 0.310. The molecule has 0 aliphatic rings. The number of hydrogen-bond acceptors (Lipinski definition) is 5. The maximum atomic E-state index is 13.9. The molecule has 0 spiro atoms. The third-order valence-electron chi connectivity index (χ3n) is 6.20. The van der Waals surface area contributed by atoms with Crippen LogP contribution in [0.25, 0.3) is 0 Å². The van der Waals surface area contributed by atoms with E-state index in [1.807, 2.05) is 38.1 Å². The van der Waals surface area contributed by atoms with Crippen LogP contribution in [0.15, 0.2) is 77.7 Å². The number of ether oxygens (including phenoxy) is 1. The summed E-state index contributed by atoms with van der Waals surface area (Å²) in [5, 5.41) is 2.76. The van der Waals surface area contributed by atoms with Gasteiger partial charge in [-0.15, -0.1) is 0 Å². The molecule has 3 rings (SSSR count). The summed E-state index contributed by atoms with van der Waals surface area (Å²) in [7, 11) is -2.72. The number of benzene rings is 3. The van der Waals surface area contributed by atoms with E-state index in [2.05, 4.69) is 5.32 Å². The van der Waals surface area contributed by atoms with Crippen LogP contribution in [0.1, 0.15) is 30.5 Å². The summed E-state index contributed by atoms with van der Waals surface area (Å²) < 4.78 is 34.3. The molecule has 0 saturated heterocycles. The van der Waals surface area contributed by atoms with E-state index >= 15 is 0 Å². The molecule has 0 saturated carbocycles. The molecule has 3 aromatic rings. The third-order valence-corrected chi connectivity index (χ3v) is 7.97. The second-order valence-electron chi connectivity index (χ2n) is 9.08. The first kappa shape index (κ1) is 28.7. The molecule has 0 aliphatic heterocycles. The molecular formula is C29H35N3O5S. The Morgan fingerprint density at radius 3 is 2.26 bits per heavy atom. The Morgan fingerprint density at radius 2 is 1.63 bits per heavy atom. The van der Waals surface area contributed by atoms with Crippen LogP contribution in [0.3, 0.4) is 0 Å². The van der Waals surface area contributed by atoms with Crippen LogP contribution >= 0.6 is 0 Å². The fourth-order valence-corrected chi connectivity index (χ4v) is 5.52. The van der Waals surface area contributed by atoms with Gasteiger partial charge < -0.3 is 15.0 Å². The number of para-hydroxylation sites is 2. The monoisotopic (exact) mass is 537 g/mol. The predicted molar refractivity (Wildman–Crippen MR) is 149 cm³/mol. The van der Waals surface area contributed by atoms with Gasteiger partial charge in [0.1, 0.15) is 18.3 Å². The average Bonchev–Trinajstić information content (AvgIpc) is 2.90. The maximum Gasteiger partial charge on any atom is 0.264 e. The van der Waals surface area contributed by atoms with E-state index in [4.69, 9.17) is 4.74 Å². The number of nitrogens with zero attached hydrogens (tertiary/aromatic N) is 2. The van der Waals surface area contributed by atoms with Crippen molar-refractivity contribution in [1.29, 1.82) is 0 Å². The van der Waals surface area contributed by atoms with E-state index < -0.39 is 28.5 Å². The van der Waals surface area contributed by atoms with Crippen LogP contribution in [-0.2, 0) is 26.2 Å². The van der Waals surface area contributed by atoms with Crippen molar-refractivity contribution < 1.29 is 22.7 Å². The number of nitrogens with one attached hydrogen (secondary N) is 1. The highest BCUT2D eigenvalue weighted by atomic mass is 32.2. The first-order valence-electron chi connectivity index (χ1n) is 12.4. The smallest absolute Gasteiger partial charge is 0.264 e. The molecule has 1 unspecified atom stereocenters. The Bertz CT molecular complexity index is 1370. The van der Waals surface area contributed by atoms with Crippen molar-refractivity contribution in [2.75, 3.05) is 24.5 Å². The summed E-state index contributed by atoms with van der Waals surface area (Å²) in [6.45, 7) is 7.28. The van der Waals surface area contributed by atoms with E-state index in [-0.39, 0.29) is 23.0 Å². The standard InChI is InChI=1S/C29H35N3O5S/c1-6-30-29(34)23(4)31(19-24-11-9-10-22(3)18-24)28(33)20-32(26-12-7-8-13-27(26)37-5)38(35,36)25-16-14-21(2)15-17-25/h7-18,23H,6,19-20H2,1-5H3,(H,30,34). The van der Waals surface area contributed by atoms with Crippen molar-refractivity contribution >= 4 is 27.5 Å². The topological polar surface area (TPSA) is 96.0 Å². The number of hydrogen-bond donors (Lipinski definition) is 1. The van der Waals surface area contributed by atoms with Crippen molar-refractivity contribution in [2.45, 2.75) is 45.2 Å². The van der Waals surface area contributed by atoms with Gasteiger partial charge in [-0.05, 0) is 57.5 Å². The minimum Gasteiger partial charge on any atom is -0.495 e. The molecule has 202 valence electrons. The third kappa shape index (κ3) is 6.72. The van der Waals surface area contributed by atoms with Crippen molar-refractivity contribution in [3.05, 3.63) is 89.5 Å². The van der Waals surface area contributed by atoms with Gasteiger partial charge in [-0.25, -0.2) is 8.42 Å². The second kappa shape index (κ2) is 12.6. The zero-order valence-electron chi connectivity index (χ0n) is 22.5. The number of rotatable bonds is 11. The van der Waals surface area contributed by atoms with Crippen LogP contribution in [0.4, 0.5) is 5.69 Å². The molecule has 1 N–H and O–H groups in total. The first-order valence-corrected chi connectivity index (χ1v) is 13.9. The summed E-state index contributed by atoms with van der Waals surface area (Å²) >= 11 is 0. The van der Waals surface area contributed by atoms with Gasteiger partial charge in [0.2, 0.25) is 11.8 Å². The highest BCUT2D eigenvalue weighted by Gasteiger charge is 2.33. The van der Waals surface area contributed by atoms with E-state index in [1.165, 1.54) is 24.1 Å². The Balaban J connectivity index is 2.07. The highest BCUT2D eigenvalue weighted by molar-refractivity contribution is 7.92. The molecule has 3 aromatic carbocycles. The van der Waals surface area contributed by atoms with Crippen molar-refractivity contribution in [1.82, 2.24) is 10.2 Å². The van der Waals surface area contributed by atoms with Crippen molar-refractivity contribution in [2.24, 2.45) is 0 Å². The number of amides is 2. The second-order valence-corrected chi connectivity index (χ2v) is 10.9. The lowest BCUT2D eigenvalue weighted by Crippen LogP contribution is -2.51. The van der Waals surface area contributed by atoms with Gasteiger partial charge >= 0.3 is 0 Å². The summed E-state index contributed by atoms with van der Waals surface area (Å²) in [5.74, 6) is -0.538.